The largest absolute Gasteiger partial charge is 0.444 e. The minimum Gasteiger partial charge on any atom is -0.444 e. The van der Waals surface area contributed by atoms with Gasteiger partial charge < -0.3 is 4.42 Å². The summed E-state index contributed by atoms with van der Waals surface area (Å²) in [6.45, 7) is 0. The summed E-state index contributed by atoms with van der Waals surface area (Å²) in [5, 5.41) is 0. The number of hydrogen-bond acceptors (Lipinski definition) is 3. The van der Waals surface area contributed by atoms with Crippen molar-refractivity contribution < 1.29 is 13.6 Å². The molecule has 4 heteroatoms. The summed E-state index contributed by atoms with van der Waals surface area (Å²) in [6.07, 6.45) is 1.74. The van der Waals surface area contributed by atoms with Crippen molar-refractivity contribution in [3.05, 3.63) is 42.0 Å². The van der Waals surface area contributed by atoms with Crippen molar-refractivity contribution in [2.75, 3.05) is 0 Å². The maximum atomic E-state index is 13.2. The minimum absolute atomic E-state index is 0.116. The van der Waals surface area contributed by atoms with E-state index in [2.05, 4.69) is 4.98 Å². The van der Waals surface area contributed by atoms with Crippen LogP contribution in [-0.2, 0) is 0 Å². The Balaban J connectivity index is 2.49. The summed E-state index contributed by atoms with van der Waals surface area (Å²) in [5.41, 5.74) is 0.406. The Bertz CT molecular complexity index is 465. The van der Waals surface area contributed by atoms with E-state index in [1.807, 2.05) is 0 Å². The van der Waals surface area contributed by atoms with Crippen LogP contribution in [0.2, 0.25) is 0 Å². The van der Waals surface area contributed by atoms with Crippen molar-refractivity contribution in [3.8, 4) is 11.5 Å². The molecule has 14 heavy (non-hydrogen) atoms. The summed E-state index contributed by atoms with van der Waals surface area (Å²) in [5.74, 6) is -0.308. The molecule has 0 N–H and O–H groups in total. The Morgan fingerprint density at radius 1 is 1.36 bits per heavy atom. The molecule has 2 rings (SSSR count). The zero-order valence-electron chi connectivity index (χ0n) is 7.11. The number of carbonyl (C=O) groups excluding carboxylic acids is 1. The van der Waals surface area contributed by atoms with Crippen LogP contribution in [0.1, 0.15) is 10.5 Å². The molecule has 0 bridgehead atoms. The van der Waals surface area contributed by atoms with E-state index in [4.69, 9.17) is 4.42 Å². The Hall–Kier alpha value is -1.97. The lowest BCUT2D eigenvalue weighted by atomic mass is 10.2. The van der Waals surface area contributed by atoms with Crippen LogP contribution in [0.15, 0.2) is 34.9 Å². The standard InChI is InChI=1S/C10H6FNO2/c11-9-4-2-1-3-8(9)10-12-7(5-13)6-14-10/h1-6H. The lowest BCUT2D eigenvalue weighted by molar-refractivity contribution is 0.111. The molecular formula is C10H6FNO2. The predicted octanol–water partition coefficient (Wildman–Crippen LogP) is 2.29. The van der Waals surface area contributed by atoms with Gasteiger partial charge in [0.05, 0.1) is 5.56 Å². The van der Waals surface area contributed by atoms with Gasteiger partial charge in [0.1, 0.15) is 17.8 Å². The number of carbonyl (C=O) groups is 1. The van der Waals surface area contributed by atoms with E-state index in [1.54, 1.807) is 12.1 Å². The second kappa shape index (κ2) is 3.41. The van der Waals surface area contributed by atoms with E-state index < -0.39 is 5.82 Å². The number of hydrogen-bond donors (Lipinski definition) is 0. The molecule has 70 valence electrons. The van der Waals surface area contributed by atoms with Crippen LogP contribution in [0.25, 0.3) is 11.5 Å². The van der Waals surface area contributed by atoms with E-state index in [1.165, 1.54) is 18.4 Å². The molecule has 2 aromatic rings. The van der Waals surface area contributed by atoms with Crippen LogP contribution in [0.3, 0.4) is 0 Å². The molecule has 0 radical (unpaired) electrons. The van der Waals surface area contributed by atoms with Crippen molar-refractivity contribution in [1.29, 1.82) is 0 Å². The molecule has 0 amide bonds. The third-order valence-electron chi connectivity index (χ3n) is 1.75. The number of aldehydes is 1. The number of benzene rings is 1. The second-order valence-electron chi connectivity index (χ2n) is 2.68. The summed E-state index contributed by atoms with van der Waals surface area (Å²) in [7, 11) is 0. The van der Waals surface area contributed by atoms with E-state index in [0.717, 1.165) is 0 Å². The average Bonchev–Trinajstić information content (AvgIpc) is 2.67. The SMILES string of the molecule is O=Cc1coc(-c2ccccc2F)n1. The van der Waals surface area contributed by atoms with Crippen molar-refractivity contribution in [2.24, 2.45) is 0 Å². The Labute approximate surface area is 79.2 Å². The van der Waals surface area contributed by atoms with Crippen LogP contribution in [0.5, 0.6) is 0 Å². The molecule has 0 unspecified atom stereocenters. The Kier molecular flexibility index (Phi) is 2.10. The van der Waals surface area contributed by atoms with Gasteiger partial charge in [-0.05, 0) is 12.1 Å². The number of halogens is 1. The fourth-order valence-electron chi connectivity index (χ4n) is 1.10. The number of aromatic nitrogens is 1. The highest BCUT2D eigenvalue weighted by atomic mass is 19.1. The maximum absolute atomic E-state index is 13.2. The van der Waals surface area contributed by atoms with Gasteiger partial charge in [-0.15, -0.1) is 0 Å². The Morgan fingerprint density at radius 3 is 2.79 bits per heavy atom. The van der Waals surface area contributed by atoms with E-state index in [9.17, 15) is 9.18 Å². The molecule has 0 saturated carbocycles. The smallest absolute Gasteiger partial charge is 0.229 e. The molecule has 0 aliphatic heterocycles. The highest BCUT2D eigenvalue weighted by molar-refractivity contribution is 5.72. The van der Waals surface area contributed by atoms with Crippen molar-refractivity contribution in [1.82, 2.24) is 4.98 Å². The molecular weight excluding hydrogens is 185 g/mol. The zero-order chi connectivity index (χ0) is 9.97. The van der Waals surface area contributed by atoms with Crippen LogP contribution < -0.4 is 0 Å². The first-order valence-corrected chi connectivity index (χ1v) is 3.97. The molecule has 0 atom stereocenters. The minimum atomic E-state index is -0.424. The van der Waals surface area contributed by atoms with Crippen LogP contribution in [0.4, 0.5) is 4.39 Å². The molecule has 1 aromatic carbocycles. The average molecular weight is 191 g/mol. The first kappa shape index (κ1) is 8.62. The molecule has 0 aliphatic rings. The first-order valence-electron chi connectivity index (χ1n) is 3.97. The van der Waals surface area contributed by atoms with Gasteiger partial charge in [0.25, 0.3) is 0 Å². The summed E-state index contributed by atoms with van der Waals surface area (Å²) < 4.78 is 18.1. The third kappa shape index (κ3) is 1.42. The predicted molar refractivity (Wildman–Crippen MR) is 47.3 cm³/mol. The molecule has 1 heterocycles. The van der Waals surface area contributed by atoms with Crippen molar-refractivity contribution in [3.63, 3.8) is 0 Å². The second-order valence-corrected chi connectivity index (χ2v) is 2.68. The van der Waals surface area contributed by atoms with Gasteiger partial charge in [0.2, 0.25) is 5.89 Å². The summed E-state index contributed by atoms with van der Waals surface area (Å²) in [4.78, 5) is 14.1. The highest BCUT2D eigenvalue weighted by Gasteiger charge is 2.09. The molecule has 3 nitrogen and oxygen atoms in total. The number of nitrogens with zero attached hydrogens (tertiary/aromatic N) is 1. The normalized spacial score (nSPS) is 10.1. The van der Waals surface area contributed by atoms with E-state index >= 15 is 0 Å². The van der Waals surface area contributed by atoms with Gasteiger partial charge in [0, 0.05) is 0 Å². The lowest BCUT2D eigenvalue weighted by Gasteiger charge is -1.95. The van der Waals surface area contributed by atoms with E-state index in [0.29, 0.717) is 6.29 Å². The monoisotopic (exact) mass is 191 g/mol. The summed E-state index contributed by atoms with van der Waals surface area (Å²) >= 11 is 0. The number of oxazole rings is 1. The topological polar surface area (TPSA) is 43.1 Å². The molecule has 0 aliphatic carbocycles. The van der Waals surface area contributed by atoms with Gasteiger partial charge in [-0.2, -0.15) is 0 Å². The number of rotatable bonds is 2. The van der Waals surface area contributed by atoms with E-state index in [-0.39, 0.29) is 17.1 Å². The molecule has 1 aromatic heterocycles. The fraction of sp³-hybridized carbons (Fsp3) is 0. The quantitative estimate of drug-likeness (QED) is 0.684. The lowest BCUT2D eigenvalue weighted by Crippen LogP contribution is -1.84. The first-order chi connectivity index (χ1) is 6.81. The van der Waals surface area contributed by atoms with Gasteiger partial charge in [0.15, 0.2) is 6.29 Å². The summed E-state index contributed by atoms with van der Waals surface area (Å²) in [6, 6.07) is 6.08. The van der Waals surface area contributed by atoms with Gasteiger partial charge in [-0.25, -0.2) is 9.37 Å². The van der Waals surface area contributed by atoms with Crippen molar-refractivity contribution in [2.45, 2.75) is 0 Å². The molecule has 0 saturated heterocycles. The highest BCUT2D eigenvalue weighted by Crippen LogP contribution is 2.20. The van der Waals surface area contributed by atoms with Gasteiger partial charge in [-0.1, -0.05) is 12.1 Å². The zero-order valence-corrected chi connectivity index (χ0v) is 7.11. The fourth-order valence-corrected chi connectivity index (χ4v) is 1.10. The van der Waals surface area contributed by atoms with Crippen LogP contribution >= 0.6 is 0 Å². The van der Waals surface area contributed by atoms with Gasteiger partial charge in [-0.3, -0.25) is 4.79 Å². The van der Waals surface area contributed by atoms with Crippen LogP contribution in [0, 0.1) is 5.82 Å². The Morgan fingerprint density at radius 2 is 2.14 bits per heavy atom. The molecule has 0 spiro atoms. The van der Waals surface area contributed by atoms with Crippen LogP contribution in [-0.4, -0.2) is 11.3 Å². The third-order valence-corrected chi connectivity index (χ3v) is 1.75. The van der Waals surface area contributed by atoms with Gasteiger partial charge >= 0.3 is 0 Å². The maximum Gasteiger partial charge on any atom is 0.229 e. The van der Waals surface area contributed by atoms with Crippen molar-refractivity contribution >= 4 is 6.29 Å². The molecule has 0 fully saturated rings.